The number of carbonyl (C=O) groups is 4. The summed E-state index contributed by atoms with van der Waals surface area (Å²) in [5.74, 6) is -3.41. The molecule has 2 rings (SSSR count). The van der Waals surface area contributed by atoms with Crippen molar-refractivity contribution in [3.05, 3.63) is 71.3 Å². The highest BCUT2D eigenvalue weighted by Gasteiger charge is 2.21. The second-order valence-corrected chi connectivity index (χ2v) is 5.71. The summed E-state index contributed by atoms with van der Waals surface area (Å²) in [7, 11) is 0. The van der Waals surface area contributed by atoms with Gasteiger partial charge in [-0.1, -0.05) is 30.3 Å². The van der Waals surface area contributed by atoms with E-state index in [1.165, 1.54) is 24.3 Å². The Morgan fingerprint density at radius 3 is 2.04 bits per heavy atom. The van der Waals surface area contributed by atoms with Gasteiger partial charge in [0.1, 0.15) is 6.04 Å². The largest absolute Gasteiger partial charge is 0.480 e. The molecule has 0 aromatic heterocycles. The summed E-state index contributed by atoms with van der Waals surface area (Å²) in [6, 6.07) is 12.8. The zero-order valence-electron chi connectivity index (χ0n) is 14.2. The fourth-order valence-corrected chi connectivity index (χ4v) is 2.32. The number of amides is 2. The number of carboxylic acid groups (broad SMARTS) is 2. The molecule has 2 aromatic rings. The van der Waals surface area contributed by atoms with E-state index in [9.17, 15) is 24.3 Å². The quantitative estimate of drug-likeness (QED) is 0.546. The zero-order valence-corrected chi connectivity index (χ0v) is 14.2. The minimum Gasteiger partial charge on any atom is -0.480 e. The summed E-state index contributed by atoms with van der Waals surface area (Å²) >= 11 is 0. The predicted octanol–water partition coefficient (Wildman–Crippen LogP) is 0.927. The number of rotatable bonds is 8. The summed E-state index contributed by atoms with van der Waals surface area (Å²) in [5.41, 5.74) is 1.03. The van der Waals surface area contributed by atoms with Crippen LogP contribution < -0.4 is 10.6 Å². The maximum Gasteiger partial charge on any atom is 0.335 e. The maximum absolute atomic E-state index is 12.0. The third-order valence-corrected chi connectivity index (χ3v) is 3.72. The molecule has 0 unspecified atom stereocenters. The molecular weight excluding hydrogens is 352 g/mol. The van der Waals surface area contributed by atoms with E-state index in [1.807, 2.05) is 0 Å². The number of aromatic carboxylic acids is 1. The van der Waals surface area contributed by atoms with Crippen LogP contribution in [0.4, 0.5) is 0 Å². The van der Waals surface area contributed by atoms with Gasteiger partial charge in [-0.25, -0.2) is 9.59 Å². The van der Waals surface area contributed by atoms with Crippen molar-refractivity contribution in [3.63, 3.8) is 0 Å². The van der Waals surface area contributed by atoms with Crippen molar-refractivity contribution >= 4 is 23.8 Å². The highest BCUT2D eigenvalue weighted by molar-refractivity contribution is 5.96. The molecule has 0 heterocycles. The maximum atomic E-state index is 12.0. The molecule has 0 aliphatic carbocycles. The number of nitrogens with one attached hydrogen (secondary N) is 2. The Morgan fingerprint density at radius 1 is 0.852 bits per heavy atom. The lowest BCUT2D eigenvalue weighted by molar-refractivity contribution is -0.141. The predicted molar refractivity (Wildman–Crippen MR) is 95.4 cm³/mol. The van der Waals surface area contributed by atoms with Crippen molar-refractivity contribution < 1.29 is 29.4 Å². The Kier molecular flexibility index (Phi) is 6.65. The molecule has 1 atom stereocenters. The van der Waals surface area contributed by atoms with Crippen molar-refractivity contribution in [1.82, 2.24) is 10.6 Å². The second kappa shape index (κ2) is 9.14. The monoisotopic (exact) mass is 370 g/mol. The molecule has 0 saturated carbocycles. The van der Waals surface area contributed by atoms with Gasteiger partial charge < -0.3 is 20.8 Å². The first kappa shape index (κ1) is 19.6. The van der Waals surface area contributed by atoms with Crippen molar-refractivity contribution in [2.75, 3.05) is 6.54 Å². The standard InChI is InChI=1S/C19H18N2O6/c22-16(11-20-17(23)13-4-2-1-3-5-13)21-15(19(26)27)10-12-6-8-14(9-7-12)18(24)25/h1-9,15H,10-11H2,(H,20,23)(H,21,22)(H,24,25)(H,26,27)/t15-/m1/s1. The van der Waals surface area contributed by atoms with Gasteiger partial charge in [0, 0.05) is 12.0 Å². The Hall–Kier alpha value is -3.68. The first-order chi connectivity index (χ1) is 12.9. The first-order valence-corrected chi connectivity index (χ1v) is 8.04. The van der Waals surface area contributed by atoms with Crippen LogP contribution in [-0.2, 0) is 16.0 Å². The molecule has 0 saturated heterocycles. The Bertz CT molecular complexity index is 833. The molecule has 4 N–H and O–H groups in total. The van der Waals surface area contributed by atoms with Gasteiger partial charge in [0.25, 0.3) is 5.91 Å². The molecular formula is C19H18N2O6. The number of hydrogen-bond donors (Lipinski definition) is 4. The molecule has 0 bridgehead atoms. The lowest BCUT2D eigenvalue weighted by Crippen LogP contribution is -2.46. The highest BCUT2D eigenvalue weighted by atomic mass is 16.4. The lowest BCUT2D eigenvalue weighted by atomic mass is 10.0. The van der Waals surface area contributed by atoms with Crippen LogP contribution >= 0.6 is 0 Å². The van der Waals surface area contributed by atoms with Crippen LogP contribution in [-0.4, -0.2) is 46.6 Å². The van der Waals surface area contributed by atoms with Crippen LogP contribution in [0.15, 0.2) is 54.6 Å². The molecule has 2 amide bonds. The second-order valence-electron chi connectivity index (χ2n) is 5.71. The van der Waals surface area contributed by atoms with Crippen LogP contribution in [0.25, 0.3) is 0 Å². The fourth-order valence-electron chi connectivity index (χ4n) is 2.32. The van der Waals surface area contributed by atoms with Gasteiger partial charge in [0.15, 0.2) is 0 Å². The van der Waals surface area contributed by atoms with Gasteiger partial charge in [-0.15, -0.1) is 0 Å². The summed E-state index contributed by atoms with van der Waals surface area (Å²) in [6.07, 6.45) is -0.0202. The number of hydrogen-bond acceptors (Lipinski definition) is 4. The summed E-state index contributed by atoms with van der Waals surface area (Å²) < 4.78 is 0. The summed E-state index contributed by atoms with van der Waals surface area (Å²) in [6.45, 7) is -0.366. The van der Waals surface area contributed by atoms with E-state index in [1.54, 1.807) is 30.3 Å². The first-order valence-electron chi connectivity index (χ1n) is 8.04. The minimum atomic E-state index is -1.24. The van der Waals surface area contributed by atoms with Crippen LogP contribution in [0.1, 0.15) is 26.3 Å². The zero-order chi connectivity index (χ0) is 19.8. The molecule has 2 aromatic carbocycles. The van der Waals surface area contributed by atoms with Crippen molar-refractivity contribution in [2.45, 2.75) is 12.5 Å². The molecule has 0 aliphatic rings. The van der Waals surface area contributed by atoms with Crippen LogP contribution in [0.5, 0.6) is 0 Å². The number of aliphatic carboxylic acids is 1. The van der Waals surface area contributed by atoms with E-state index >= 15 is 0 Å². The number of carbonyl (C=O) groups excluding carboxylic acids is 2. The van der Waals surface area contributed by atoms with Gasteiger partial charge >= 0.3 is 11.9 Å². The Balaban J connectivity index is 1.91. The topological polar surface area (TPSA) is 133 Å². The smallest absolute Gasteiger partial charge is 0.335 e. The van der Waals surface area contributed by atoms with Crippen LogP contribution in [0.2, 0.25) is 0 Å². The van der Waals surface area contributed by atoms with E-state index in [0.29, 0.717) is 11.1 Å². The molecule has 0 spiro atoms. The third-order valence-electron chi connectivity index (χ3n) is 3.72. The lowest BCUT2D eigenvalue weighted by Gasteiger charge is -2.15. The Morgan fingerprint density at radius 2 is 1.48 bits per heavy atom. The molecule has 0 fully saturated rings. The van der Waals surface area contributed by atoms with Crippen molar-refractivity contribution in [3.8, 4) is 0 Å². The van der Waals surface area contributed by atoms with Crippen molar-refractivity contribution in [2.24, 2.45) is 0 Å². The van der Waals surface area contributed by atoms with Crippen molar-refractivity contribution in [1.29, 1.82) is 0 Å². The van der Waals surface area contributed by atoms with E-state index in [-0.39, 0.29) is 18.5 Å². The van der Waals surface area contributed by atoms with E-state index in [4.69, 9.17) is 5.11 Å². The molecule has 27 heavy (non-hydrogen) atoms. The number of carboxylic acids is 2. The average Bonchev–Trinajstić information content (AvgIpc) is 2.66. The SMILES string of the molecule is O=C(CNC(=O)c1ccccc1)N[C@H](Cc1ccc(C(=O)O)cc1)C(=O)O. The van der Waals surface area contributed by atoms with Gasteiger partial charge in [-0.05, 0) is 29.8 Å². The summed E-state index contributed by atoms with van der Waals surface area (Å²) in [4.78, 5) is 46.1. The molecule has 140 valence electrons. The molecule has 0 radical (unpaired) electrons. The van der Waals surface area contributed by atoms with E-state index in [0.717, 1.165) is 0 Å². The normalized spacial score (nSPS) is 11.3. The fraction of sp³-hybridized carbons (Fsp3) is 0.158. The Labute approximate surface area is 154 Å². The van der Waals surface area contributed by atoms with Gasteiger partial charge in [0.2, 0.25) is 5.91 Å². The van der Waals surface area contributed by atoms with Gasteiger partial charge in [0.05, 0.1) is 12.1 Å². The van der Waals surface area contributed by atoms with Gasteiger partial charge in [-0.2, -0.15) is 0 Å². The minimum absolute atomic E-state index is 0.0202. The van der Waals surface area contributed by atoms with Crippen LogP contribution in [0.3, 0.4) is 0 Å². The van der Waals surface area contributed by atoms with Crippen LogP contribution in [0, 0.1) is 0 Å². The highest BCUT2D eigenvalue weighted by Crippen LogP contribution is 2.07. The summed E-state index contributed by atoms with van der Waals surface area (Å²) in [5, 5.41) is 22.9. The van der Waals surface area contributed by atoms with E-state index < -0.39 is 29.8 Å². The number of benzene rings is 2. The van der Waals surface area contributed by atoms with Gasteiger partial charge in [-0.3, -0.25) is 9.59 Å². The third kappa shape index (κ3) is 5.96. The molecule has 0 aliphatic heterocycles. The van der Waals surface area contributed by atoms with E-state index in [2.05, 4.69) is 10.6 Å². The molecule has 8 heteroatoms. The average molecular weight is 370 g/mol. The molecule has 8 nitrogen and oxygen atoms in total.